The van der Waals surface area contributed by atoms with E-state index in [-0.39, 0.29) is 0 Å². The van der Waals surface area contributed by atoms with Crippen LogP contribution in [0.1, 0.15) is 17.8 Å². The SMILES string of the molecule is Cc1cc(C2=CCN(C(=O)O)CC2)nn1C. The molecule has 5 nitrogen and oxygen atoms in total. The molecular formula is C11H15N3O2. The molecule has 1 aromatic rings. The van der Waals surface area contributed by atoms with Gasteiger partial charge in [0.15, 0.2) is 0 Å². The Hall–Kier alpha value is -1.78. The molecule has 0 bridgehead atoms. The predicted octanol–water partition coefficient (Wildman–Crippen LogP) is 1.50. The Labute approximate surface area is 94.0 Å². The van der Waals surface area contributed by atoms with Crippen LogP contribution in [-0.2, 0) is 7.05 Å². The van der Waals surface area contributed by atoms with Crippen molar-refractivity contribution in [3.63, 3.8) is 0 Å². The normalized spacial score (nSPS) is 16.1. The molecule has 0 unspecified atom stereocenters. The maximum absolute atomic E-state index is 10.7. The third kappa shape index (κ3) is 1.93. The fourth-order valence-electron chi connectivity index (χ4n) is 1.79. The molecule has 1 aliphatic rings. The molecule has 2 heterocycles. The molecule has 86 valence electrons. The number of nitrogens with zero attached hydrogens (tertiary/aromatic N) is 3. The van der Waals surface area contributed by atoms with Gasteiger partial charge in [0.1, 0.15) is 0 Å². The Bertz CT molecular complexity index is 429. The van der Waals surface area contributed by atoms with Gasteiger partial charge in [-0.15, -0.1) is 0 Å². The number of carboxylic acid groups (broad SMARTS) is 1. The average Bonchev–Trinajstić information content (AvgIpc) is 2.59. The molecule has 1 amide bonds. The van der Waals surface area contributed by atoms with E-state index >= 15 is 0 Å². The summed E-state index contributed by atoms with van der Waals surface area (Å²) in [7, 11) is 1.91. The van der Waals surface area contributed by atoms with Gasteiger partial charge >= 0.3 is 6.09 Å². The highest BCUT2D eigenvalue weighted by atomic mass is 16.4. The first kappa shape index (κ1) is 10.7. The van der Waals surface area contributed by atoms with Crippen LogP contribution in [0, 0.1) is 6.92 Å². The second-order valence-electron chi connectivity index (χ2n) is 4.00. The summed E-state index contributed by atoms with van der Waals surface area (Å²) in [6, 6.07) is 2.03. The van der Waals surface area contributed by atoms with Gasteiger partial charge in [-0.1, -0.05) is 6.08 Å². The average molecular weight is 221 g/mol. The fourth-order valence-corrected chi connectivity index (χ4v) is 1.79. The molecular weight excluding hydrogens is 206 g/mol. The van der Waals surface area contributed by atoms with Crippen LogP contribution in [0.4, 0.5) is 4.79 Å². The van der Waals surface area contributed by atoms with E-state index in [0.29, 0.717) is 13.1 Å². The Kier molecular flexibility index (Phi) is 2.68. The molecule has 1 N–H and O–H groups in total. The standard InChI is InChI=1S/C11H15N3O2/c1-8-7-10(12-13(8)2)9-3-5-14(6-4-9)11(15)16/h3,7H,4-6H2,1-2H3,(H,15,16). The summed E-state index contributed by atoms with van der Waals surface area (Å²) in [6.07, 6.45) is 1.83. The Balaban J connectivity index is 2.16. The van der Waals surface area contributed by atoms with E-state index in [2.05, 4.69) is 5.10 Å². The summed E-state index contributed by atoms with van der Waals surface area (Å²) < 4.78 is 1.83. The highest BCUT2D eigenvalue weighted by Gasteiger charge is 2.18. The molecule has 1 aliphatic heterocycles. The lowest BCUT2D eigenvalue weighted by atomic mass is 10.1. The summed E-state index contributed by atoms with van der Waals surface area (Å²) in [5.74, 6) is 0. The van der Waals surface area contributed by atoms with Crippen molar-refractivity contribution in [1.82, 2.24) is 14.7 Å². The zero-order chi connectivity index (χ0) is 11.7. The van der Waals surface area contributed by atoms with E-state index in [1.807, 2.05) is 30.8 Å². The lowest BCUT2D eigenvalue weighted by Gasteiger charge is -2.22. The number of hydrogen-bond donors (Lipinski definition) is 1. The topological polar surface area (TPSA) is 58.4 Å². The van der Waals surface area contributed by atoms with Crippen LogP contribution in [0.5, 0.6) is 0 Å². The highest BCUT2D eigenvalue weighted by molar-refractivity contribution is 5.70. The number of carbonyl (C=O) groups is 1. The van der Waals surface area contributed by atoms with E-state index in [9.17, 15) is 4.79 Å². The molecule has 0 fully saturated rings. The van der Waals surface area contributed by atoms with E-state index in [1.165, 1.54) is 4.90 Å². The summed E-state index contributed by atoms with van der Waals surface area (Å²) in [5, 5.41) is 13.2. The minimum absolute atomic E-state index is 0.459. The molecule has 1 aromatic heterocycles. The zero-order valence-electron chi connectivity index (χ0n) is 9.47. The molecule has 16 heavy (non-hydrogen) atoms. The minimum atomic E-state index is -0.854. The first-order valence-corrected chi connectivity index (χ1v) is 5.26. The summed E-state index contributed by atoms with van der Waals surface area (Å²) in [4.78, 5) is 12.1. The van der Waals surface area contributed by atoms with Crippen LogP contribution in [-0.4, -0.2) is 39.0 Å². The minimum Gasteiger partial charge on any atom is -0.465 e. The van der Waals surface area contributed by atoms with Gasteiger partial charge in [0.2, 0.25) is 0 Å². The second-order valence-corrected chi connectivity index (χ2v) is 4.00. The van der Waals surface area contributed by atoms with Crippen molar-refractivity contribution in [3.05, 3.63) is 23.5 Å². The summed E-state index contributed by atoms with van der Waals surface area (Å²) in [5.41, 5.74) is 3.21. The lowest BCUT2D eigenvalue weighted by molar-refractivity contribution is 0.150. The van der Waals surface area contributed by atoms with Crippen molar-refractivity contribution in [3.8, 4) is 0 Å². The molecule has 0 saturated heterocycles. The fraction of sp³-hybridized carbons (Fsp3) is 0.455. The van der Waals surface area contributed by atoms with Gasteiger partial charge in [0.25, 0.3) is 0 Å². The molecule has 0 saturated carbocycles. The molecule has 0 radical (unpaired) electrons. The number of amides is 1. The second kappa shape index (κ2) is 4.00. The van der Waals surface area contributed by atoms with Gasteiger partial charge in [-0.05, 0) is 25.0 Å². The van der Waals surface area contributed by atoms with Gasteiger partial charge < -0.3 is 10.0 Å². The number of rotatable bonds is 1. The molecule has 0 spiro atoms. The highest BCUT2D eigenvalue weighted by Crippen LogP contribution is 2.21. The van der Waals surface area contributed by atoms with Gasteiger partial charge in [0.05, 0.1) is 5.69 Å². The Morgan fingerprint density at radius 1 is 1.56 bits per heavy atom. The van der Waals surface area contributed by atoms with Crippen LogP contribution in [0.25, 0.3) is 5.57 Å². The predicted molar refractivity (Wildman–Crippen MR) is 60.1 cm³/mol. The third-order valence-corrected chi connectivity index (χ3v) is 2.92. The van der Waals surface area contributed by atoms with Crippen molar-refractivity contribution in [2.24, 2.45) is 7.05 Å². The van der Waals surface area contributed by atoms with Crippen LogP contribution >= 0.6 is 0 Å². The summed E-state index contributed by atoms with van der Waals surface area (Å²) >= 11 is 0. The molecule has 5 heteroatoms. The van der Waals surface area contributed by atoms with Gasteiger partial charge in [-0.2, -0.15) is 5.10 Å². The number of hydrogen-bond acceptors (Lipinski definition) is 2. The molecule has 0 atom stereocenters. The third-order valence-electron chi connectivity index (χ3n) is 2.92. The quantitative estimate of drug-likeness (QED) is 0.781. The monoisotopic (exact) mass is 221 g/mol. The van der Waals surface area contributed by atoms with Crippen molar-refractivity contribution in [2.45, 2.75) is 13.3 Å². The van der Waals surface area contributed by atoms with Crippen LogP contribution in [0.15, 0.2) is 12.1 Å². The van der Waals surface area contributed by atoms with Crippen LogP contribution in [0.3, 0.4) is 0 Å². The number of aromatic nitrogens is 2. The van der Waals surface area contributed by atoms with Crippen molar-refractivity contribution in [1.29, 1.82) is 0 Å². The maximum Gasteiger partial charge on any atom is 0.407 e. The van der Waals surface area contributed by atoms with E-state index in [0.717, 1.165) is 23.4 Å². The molecule has 2 rings (SSSR count). The summed E-state index contributed by atoms with van der Waals surface area (Å²) in [6.45, 7) is 3.01. The van der Waals surface area contributed by atoms with Crippen molar-refractivity contribution >= 4 is 11.7 Å². The number of aryl methyl sites for hydroxylation is 2. The Morgan fingerprint density at radius 2 is 2.31 bits per heavy atom. The van der Waals surface area contributed by atoms with Crippen LogP contribution < -0.4 is 0 Å². The first-order chi connectivity index (χ1) is 7.58. The molecule has 0 aliphatic carbocycles. The van der Waals surface area contributed by atoms with E-state index in [4.69, 9.17) is 5.11 Å². The molecule has 0 aromatic carbocycles. The maximum atomic E-state index is 10.7. The first-order valence-electron chi connectivity index (χ1n) is 5.26. The van der Waals surface area contributed by atoms with Gasteiger partial charge in [-0.3, -0.25) is 4.68 Å². The van der Waals surface area contributed by atoms with Gasteiger partial charge in [0, 0.05) is 25.8 Å². The van der Waals surface area contributed by atoms with Crippen molar-refractivity contribution < 1.29 is 9.90 Å². The van der Waals surface area contributed by atoms with Crippen LogP contribution in [0.2, 0.25) is 0 Å². The van der Waals surface area contributed by atoms with E-state index < -0.39 is 6.09 Å². The zero-order valence-corrected chi connectivity index (χ0v) is 9.47. The smallest absolute Gasteiger partial charge is 0.407 e. The van der Waals surface area contributed by atoms with E-state index in [1.54, 1.807) is 0 Å². The lowest BCUT2D eigenvalue weighted by Crippen LogP contribution is -2.33. The van der Waals surface area contributed by atoms with Gasteiger partial charge in [-0.25, -0.2) is 4.79 Å². The largest absolute Gasteiger partial charge is 0.465 e. The Morgan fingerprint density at radius 3 is 2.75 bits per heavy atom. The van der Waals surface area contributed by atoms with Crippen molar-refractivity contribution in [2.75, 3.05) is 13.1 Å².